The van der Waals surface area contributed by atoms with E-state index in [1.54, 1.807) is 19.3 Å². The van der Waals surface area contributed by atoms with Crippen LogP contribution in [0.1, 0.15) is 10.4 Å². The number of anilines is 2. The predicted octanol–water partition coefficient (Wildman–Crippen LogP) is 4.43. The third-order valence-electron chi connectivity index (χ3n) is 5.10. The molecule has 164 valence electrons. The average Bonchev–Trinajstić information content (AvgIpc) is 2.79. The lowest BCUT2D eigenvalue weighted by Gasteiger charge is -2.15. The molecule has 0 aliphatic rings. The van der Waals surface area contributed by atoms with Crippen LogP contribution in [-0.2, 0) is 0 Å². The molecule has 8 heteroatoms. The van der Waals surface area contributed by atoms with Crippen LogP contribution < -0.4 is 15.4 Å². The normalized spacial score (nSPS) is 11.2. The molecule has 32 heavy (non-hydrogen) atoms. The molecule has 0 aliphatic carbocycles. The second-order valence-electron chi connectivity index (χ2n) is 7.58. The van der Waals surface area contributed by atoms with Crippen molar-refractivity contribution in [3.8, 4) is 5.75 Å². The molecule has 0 atom stereocenters. The molecule has 0 saturated heterocycles. The number of nitrogens with zero attached hydrogens (tertiary/aromatic N) is 3. The largest absolute Gasteiger partial charge is 0.492 e. The fraction of sp³-hybridized carbons (Fsp3) is 0.208. The first-order valence-electron chi connectivity index (χ1n) is 10.2. The van der Waals surface area contributed by atoms with E-state index in [1.165, 1.54) is 0 Å². The zero-order valence-electron chi connectivity index (χ0n) is 18.1. The number of rotatable bonds is 7. The lowest BCUT2D eigenvalue weighted by molar-refractivity contribution is 0.0964. The highest BCUT2D eigenvalue weighted by atomic mass is 127. The highest BCUT2D eigenvalue weighted by Gasteiger charge is 2.15. The summed E-state index contributed by atoms with van der Waals surface area (Å²) in [5, 5.41) is 8.90. The van der Waals surface area contributed by atoms with Crippen molar-refractivity contribution in [2.24, 2.45) is 0 Å². The van der Waals surface area contributed by atoms with Crippen molar-refractivity contribution in [1.29, 1.82) is 0 Å². The molecular formula is C24H24IN5O2. The number of amides is 1. The molecule has 0 bridgehead atoms. The van der Waals surface area contributed by atoms with Crippen LogP contribution in [0.2, 0.25) is 0 Å². The molecule has 2 N–H and O–H groups in total. The van der Waals surface area contributed by atoms with Gasteiger partial charge in [0.15, 0.2) is 0 Å². The Morgan fingerprint density at radius 3 is 2.72 bits per heavy atom. The Balaban J connectivity index is 1.75. The van der Waals surface area contributed by atoms with Crippen LogP contribution in [-0.4, -0.2) is 55.1 Å². The highest BCUT2D eigenvalue weighted by Crippen LogP contribution is 2.33. The number of para-hydroxylation sites is 1. The molecule has 7 nitrogen and oxygen atoms in total. The van der Waals surface area contributed by atoms with E-state index in [4.69, 9.17) is 9.72 Å². The number of benzene rings is 2. The maximum Gasteiger partial charge on any atom is 0.253 e. The summed E-state index contributed by atoms with van der Waals surface area (Å²) in [5.74, 6) is 1.32. The molecule has 2 aromatic heterocycles. The second-order valence-corrected chi connectivity index (χ2v) is 8.74. The van der Waals surface area contributed by atoms with Gasteiger partial charge in [0.2, 0.25) is 0 Å². The van der Waals surface area contributed by atoms with Gasteiger partial charge in [0, 0.05) is 45.7 Å². The minimum absolute atomic E-state index is 0.175. The van der Waals surface area contributed by atoms with Crippen molar-refractivity contribution >= 4 is 61.7 Å². The smallest absolute Gasteiger partial charge is 0.253 e. The van der Waals surface area contributed by atoms with Crippen molar-refractivity contribution in [3.63, 3.8) is 0 Å². The molecule has 2 aromatic carbocycles. The summed E-state index contributed by atoms with van der Waals surface area (Å²) in [6.07, 6.45) is 3.56. The SMILES string of the molecule is CNC(=O)c1cccc2c1nc(Nc1ccc(OCCN(C)C)cc1I)c1ccncc12. The number of carbonyl (C=O) groups is 1. The first kappa shape index (κ1) is 22.2. The zero-order valence-corrected chi connectivity index (χ0v) is 20.3. The van der Waals surface area contributed by atoms with E-state index >= 15 is 0 Å². The maximum atomic E-state index is 12.4. The van der Waals surface area contributed by atoms with Crippen molar-refractivity contribution in [3.05, 3.63) is 64.0 Å². The highest BCUT2D eigenvalue weighted by molar-refractivity contribution is 14.1. The number of pyridine rings is 2. The predicted molar refractivity (Wildman–Crippen MR) is 137 cm³/mol. The van der Waals surface area contributed by atoms with Crippen molar-refractivity contribution < 1.29 is 9.53 Å². The first-order valence-corrected chi connectivity index (χ1v) is 11.3. The molecular weight excluding hydrogens is 517 g/mol. The number of hydrogen-bond donors (Lipinski definition) is 2. The van der Waals surface area contributed by atoms with Gasteiger partial charge in [-0.25, -0.2) is 4.98 Å². The van der Waals surface area contributed by atoms with Gasteiger partial charge in [-0.05, 0) is 67.0 Å². The number of fused-ring (bicyclic) bond motifs is 3. The maximum absolute atomic E-state index is 12.4. The Kier molecular flexibility index (Phi) is 6.71. The monoisotopic (exact) mass is 541 g/mol. The quantitative estimate of drug-likeness (QED) is 0.266. The number of carbonyl (C=O) groups excluding carboxylic acids is 1. The van der Waals surface area contributed by atoms with Gasteiger partial charge in [-0.1, -0.05) is 12.1 Å². The number of ether oxygens (including phenoxy) is 1. The van der Waals surface area contributed by atoms with E-state index in [0.717, 1.165) is 37.7 Å². The third kappa shape index (κ3) is 4.61. The Morgan fingerprint density at radius 1 is 1.12 bits per heavy atom. The Morgan fingerprint density at radius 2 is 1.97 bits per heavy atom. The second kappa shape index (κ2) is 9.66. The molecule has 0 saturated carbocycles. The van der Waals surface area contributed by atoms with Gasteiger partial charge in [-0.2, -0.15) is 0 Å². The van der Waals surface area contributed by atoms with Crippen LogP contribution in [0.15, 0.2) is 54.9 Å². The van der Waals surface area contributed by atoms with Crippen LogP contribution in [0.4, 0.5) is 11.5 Å². The molecule has 2 heterocycles. The minimum atomic E-state index is -0.175. The Bertz CT molecular complexity index is 1290. The van der Waals surface area contributed by atoms with Gasteiger partial charge in [0.05, 0.1) is 16.8 Å². The topological polar surface area (TPSA) is 79.4 Å². The summed E-state index contributed by atoms with van der Waals surface area (Å²) in [6.45, 7) is 1.48. The molecule has 0 unspecified atom stereocenters. The summed E-state index contributed by atoms with van der Waals surface area (Å²) in [5.41, 5.74) is 2.07. The van der Waals surface area contributed by atoms with Gasteiger partial charge in [0.25, 0.3) is 5.91 Å². The van der Waals surface area contributed by atoms with E-state index in [0.29, 0.717) is 23.5 Å². The molecule has 0 spiro atoms. The summed E-state index contributed by atoms with van der Waals surface area (Å²) < 4.78 is 6.85. The van der Waals surface area contributed by atoms with Crippen LogP contribution in [0.25, 0.3) is 21.7 Å². The Labute approximate surface area is 200 Å². The average molecular weight is 541 g/mol. The minimum Gasteiger partial charge on any atom is -0.492 e. The van der Waals surface area contributed by atoms with Crippen molar-refractivity contribution in [2.75, 3.05) is 39.6 Å². The van der Waals surface area contributed by atoms with E-state index in [9.17, 15) is 4.79 Å². The molecule has 0 fully saturated rings. The summed E-state index contributed by atoms with van der Waals surface area (Å²) in [7, 11) is 5.66. The van der Waals surface area contributed by atoms with E-state index in [2.05, 4.69) is 43.1 Å². The lowest BCUT2D eigenvalue weighted by Crippen LogP contribution is -2.19. The number of halogens is 1. The summed E-state index contributed by atoms with van der Waals surface area (Å²) >= 11 is 2.29. The summed E-state index contributed by atoms with van der Waals surface area (Å²) in [6, 6.07) is 13.5. The van der Waals surface area contributed by atoms with E-state index < -0.39 is 0 Å². The van der Waals surface area contributed by atoms with Gasteiger partial charge in [0.1, 0.15) is 18.2 Å². The fourth-order valence-electron chi connectivity index (χ4n) is 3.44. The Hall–Kier alpha value is -2.98. The van der Waals surface area contributed by atoms with Crippen molar-refractivity contribution in [1.82, 2.24) is 20.2 Å². The number of hydrogen-bond acceptors (Lipinski definition) is 6. The van der Waals surface area contributed by atoms with Gasteiger partial charge < -0.3 is 20.3 Å². The first-order chi connectivity index (χ1) is 15.5. The summed E-state index contributed by atoms with van der Waals surface area (Å²) in [4.78, 5) is 23.7. The van der Waals surface area contributed by atoms with Crippen LogP contribution in [0.3, 0.4) is 0 Å². The fourth-order valence-corrected chi connectivity index (χ4v) is 4.06. The van der Waals surface area contributed by atoms with Gasteiger partial charge in [-0.3, -0.25) is 9.78 Å². The molecule has 4 aromatic rings. The molecule has 0 radical (unpaired) electrons. The van der Waals surface area contributed by atoms with E-state index in [1.807, 2.05) is 56.7 Å². The van der Waals surface area contributed by atoms with Crippen LogP contribution in [0.5, 0.6) is 5.75 Å². The molecule has 0 aliphatic heterocycles. The van der Waals surface area contributed by atoms with Crippen molar-refractivity contribution in [2.45, 2.75) is 0 Å². The number of likely N-dealkylation sites (N-methyl/N-ethyl adjacent to an activating group) is 1. The lowest BCUT2D eigenvalue weighted by atomic mass is 10.0. The standard InChI is InChI=1S/C24H24IN5O2/c1-26-24(31)18-6-4-5-16-19-14-27-10-9-17(19)23(29-22(16)18)28-21-8-7-15(13-20(21)25)32-12-11-30(2)3/h4-10,13-14H,11-12H2,1-3H3,(H,26,31)(H,28,29). The van der Waals surface area contributed by atoms with Gasteiger partial charge in [-0.15, -0.1) is 0 Å². The van der Waals surface area contributed by atoms with Crippen LogP contribution >= 0.6 is 22.6 Å². The van der Waals surface area contributed by atoms with Gasteiger partial charge >= 0.3 is 0 Å². The molecule has 1 amide bonds. The zero-order chi connectivity index (χ0) is 22.7. The third-order valence-corrected chi connectivity index (χ3v) is 5.99. The number of aromatic nitrogens is 2. The van der Waals surface area contributed by atoms with Crippen LogP contribution in [0, 0.1) is 3.57 Å². The van der Waals surface area contributed by atoms with E-state index in [-0.39, 0.29) is 5.91 Å². The molecule has 4 rings (SSSR count). The number of nitrogens with one attached hydrogen (secondary N) is 2.